The normalized spacial score (nSPS) is 28.2. The van der Waals surface area contributed by atoms with Crippen molar-refractivity contribution < 1.29 is 33.8 Å². The summed E-state index contributed by atoms with van der Waals surface area (Å²) in [7, 11) is 0. The van der Waals surface area contributed by atoms with E-state index in [0.717, 1.165) is 5.06 Å². The predicted octanol–water partition coefficient (Wildman–Crippen LogP) is 2.95. The molecule has 1 aliphatic heterocycles. The number of rotatable bonds is 3. The van der Waals surface area contributed by atoms with Crippen molar-refractivity contribution in [1.29, 1.82) is 0 Å². The number of nitrogens with zero attached hydrogens (tertiary/aromatic N) is 2. The van der Waals surface area contributed by atoms with Gasteiger partial charge in [-0.2, -0.15) is 9.96 Å². The number of carbonyl (C=O) groups excluding carboxylic acids is 3. The number of fused-ring (bicyclic) bond motifs is 1. The number of ether oxygens (including phenoxy) is 2. The maximum absolute atomic E-state index is 13.3. The molecule has 3 amide bonds. The molecular weight excluding hydrogens is 368 g/mol. The predicted molar refractivity (Wildman–Crippen MR) is 98.9 cm³/mol. The van der Waals surface area contributed by atoms with Crippen LogP contribution in [0.25, 0.3) is 0 Å². The number of aliphatic hydroxyl groups is 1. The summed E-state index contributed by atoms with van der Waals surface area (Å²) in [6.45, 7) is 11.8. The molecule has 0 aromatic carbocycles. The molecule has 1 heterocycles. The minimum atomic E-state index is -2.14. The van der Waals surface area contributed by atoms with Crippen LogP contribution in [0.5, 0.6) is 0 Å². The van der Waals surface area contributed by atoms with Gasteiger partial charge in [-0.3, -0.25) is 4.84 Å². The third-order valence-corrected chi connectivity index (χ3v) is 4.61. The molecule has 9 heteroatoms. The van der Waals surface area contributed by atoms with Crippen molar-refractivity contribution in [3.8, 4) is 0 Å². The van der Waals surface area contributed by atoms with E-state index >= 15 is 0 Å². The number of carbonyl (C=O) groups is 3. The highest BCUT2D eigenvalue weighted by atomic mass is 16.7. The van der Waals surface area contributed by atoms with Crippen LogP contribution in [0.2, 0.25) is 0 Å². The largest absolute Gasteiger partial charge is 0.464 e. The fourth-order valence-corrected chi connectivity index (χ4v) is 3.66. The van der Waals surface area contributed by atoms with Crippen LogP contribution in [-0.2, 0) is 19.1 Å². The summed E-state index contributed by atoms with van der Waals surface area (Å²) in [5.41, 5.74) is -5.75. The van der Waals surface area contributed by atoms with E-state index in [1.807, 2.05) is 0 Å². The standard InChI is InChI=1S/C19H32N2O7/c1-8-26-13(22)18-11-9-10-12-19(18,25)20(15(24)27-16(2,3)4)14(23)21(18)28-17(5,6)7/h25H,8-12H2,1-7H3/t18-,19+/m1/s1. The van der Waals surface area contributed by atoms with Gasteiger partial charge in [-0.15, -0.1) is 0 Å². The van der Waals surface area contributed by atoms with Crippen molar-refractivity contribution in [1.82, 2.24) is 9.96 Å². The highest BCUT2D eigenvalue weighted by Crippen LogP contribution is 2.51. The van der Waals surface area contributed by atoms with E-state index in [0.29, 0.717) is 17.7 Å². The second-order valence-electron chi connectivity index (χ2n) is 9.20. The molecule has 28 heavy (non-hydrogen) atoms. The van der Waals surface area contributed by atoms with E-state index in [9.17, 15) is 19.5 Å². The molecule has 0 aromatic heterocycles. The summed E-state index contributed by atoms with van der Waals surface area (Å²) in [6.07, 6.45) is 0.161. The number of esters is 1. The number of amides is 3. The van der Waals surface area contributed by atoms with E-state index in [4.69, 9.17) is 14.3 Å². The molecule has 0 aromatic rings. The van der Waals surface area contributed by atoms with Crippen LogP contribution in [0.1, 0.15) is 74.1 Å². The number of imide groups is 1. The lowest BCUT2D eigenvalue weighted by molar-refractivity contribution is -0.271. The fourth-order valence-electron chi connectivity index (χ4n) is 3.66. The monoisotopic (exact) mass is 400 g/mol. The molecule has 1 saturated heterocycles. The van der Waals surface area contributed by atoms with Gasteiger partial charge in [0, 0.05) is 0 Å². The van der Waals surface area contributed by atoms with Crippen molar-refractivity contribution >= 4 is 18.1 Å². The zero-order chi connectivity index (χ0) is 21.5. The lowest BCUT2D eigenvalue weighted by atomic mass is 9.74. The number of hydrogen-bond acceptors (Lipinski definition) is 7. The van der Waals surface area contributed by atoms with Crippen LogP contribution >= 0.6 is 0 Å². The fraction of sp³-hybridized carbons (Fsp3) is 0.842. The third-order valence-electron chi connectivity index (χ3n) is 4.61. The van der Waals surface area contributed by atoms with Crippen molar-refractivity contribution in [2.75, 3.05) is 6.61 Å². The van der Waals surface area contributed by atoms with Gasteiger partial charge in [0.1, 0.15) is 5.60 Å². The minimum absolute atomic E-state index is 0.0147. The second kappa shape index (κ2) is 7.18. The lowest BCUT2D eigenvalue weighted by Gasteiger charge is -2.47. The van der Waals surface area contributed by atoms with Gasteiger partial charge in [-0.25, -0.2) is 14.4 Å². The molecule has 2 rings (SSSR count). The first-order valence-electron chi connectivity index (χ1n) is 9.66. The Morgan fingerprint density at radius 3 is 2.14 bits per heavy atom. The van der Waals surface area contributed by atoms with Crippen LogP contribution in [0.3, 0.4) is 0 Å². The van der Waals surface area contributed by atoms with Gasteiger partial charge < -0.3 is 14.6 Å². The molecule has 1 N–H and O–H groups in total. The highest BCUT2D eigenvalue weighted by Gasteiger charge is 2.75. The van der Waals surface area contributed by atoms with Crippen LogP contribution in [0, 0.1) is 0 Å². The summed E-state index contributed by atoms with van der Waals surface area (Å²) >= 11 is 0. The van der Waals surface area contributed by atoms with E-state index in [1.165, 1.54) is 0 Å². The first-order chi connectivity index (χ1) is 12.7. The van der Waals surface area contributed by atoms with Crippen molar-refractivity contribution in [3.05, 3.63) is 0 Å². The Labute approximate surface area is 165 Å². The van der Waals surface area contributed by atoms with E-state index in [2.05, 4.69) is 0 Å². The minimum Gasteiger partial charge on any atom is -0.464 e. The molecule has 2 fully saturated rings. The summed E-state index contributed by atoms with van der Waals surface area (Å²) in [4.78, 5) is 45.6. The van der Waals surface area contributed by atoms with Gasteiger partial charge in [0.05, 0.1) is 12.2 Å². The molecule has 0 radical (unpaired) electrons. The molecule has 2 aliphatic rings. The topological polar surface area (TPSA) is 106 Å². The summed E-state index contributed by atoms with van der Waals surface area (Å²) in [5.74, 6) is -0.805. The van der Waals surface area contributed by atoms with E-state index < -0.39 is 40.6 Å². The van der Waals surface area contributed by atoms with E-state index in [-0.39, 0.29) is 19.4 Å². The first-order valence-corrected chi connectivity index (χ1v) is 9.66. The van der Waals surface area contributed by atoms with Gasteiger partial charge >= 0.3 is 18.1 Å². The lowest BCUT2D eigenvalue weighted by Crippen LogP contribution is -2.69. The van der Waals surface area contributed by atoms with Gasteiger partial charge in [0.2, 0.25) is 5.54 Å². The van der Waals surface area contributed by atoms with Crippen LogP contribution in [0.4, 0.5) is 9.59 Å². The first kappa shape index (κ1) is 22.4. The Morgan fingerprint density at radius 1 is 1.07 bits per heavy atom. The van der Waals surface area contributed by atoms with E-state index in [1.54, 1.807) is 48.5 Å². The zero-order valence-electron chi connectivity index (χ0n) is 17.8. The zero-order valence-corrected chi connectivity index (χ0v) is 17.8. The van der Waals surface area contributed by atoms with Gasteiger partial charge in [0.15, 0.2) is 5.72 Å². The average molecular weight is 400 g/mol. The molecule has 160 valence electrons. The highest BCUT2D eigenvalue weighted by molar-refractivity contribution is 6.00. The quantitative estimate of drug-likeness (QED) is 0.726. The molecular formula is C19H32N2O7. The molecule has 2 atom stereocenters. The van der Waals surface area contributed by atoms with Gasteiger partial charge in [0.25, 0.3) is 0 Å². The molecule has 1 saturated carbocycles. The van der Waals surface area contributed by atoms with Gasteiger partial charge in [-0.05, 0) is 67.7 Å². The van der Waals surface area contributed by atoms with Crippen molar-refractivity contribution in [2.24, 2.45) is 0 Å². The van der Waals surface area contributed by atoms with Gasteiger partial charge in [-0.1, -0.05) is 6.42 Å². The Morgan fingerprint density at radius 2 is 1.64 bits per heavy atom. The Kier molecular flexibility index (Phi) is 5.75. The Bertz CT molecular complexity index is 652. The summed E-state index contributed by atoms with van der Waals surface area (Å²) < 4.78 is 10.6. The van der Waals surface area contributed by atoms with Crippen LogP contribution in [-0.4, -0.2) is 62.2 Å². The van der Waals surface area contributed by atoms with Crippen LogP contribution < -0.4 is 0 Å². The van der Waals surface area contributed by atoms with Crippen molar-refractivity contribution in [3.63, 3.8) is 0 Å². The SMILES string of the molecule is CCOC(=O)[C@]12CCCC[C@@]1(O)N(C(=O)OC(C)(C)C)C(=O)N2OC(C)(C)C. The Balaban J connectivity index is 2.63. The smallest absolute Gasteiger partial charge is 0.421 e. The number of hydroxylamine groups is 2. The van der Waals surface area contributed by atoms with Crippen molar-refractivity contribution in [2.45, 2.75) is 96.6 Å². The van der Waals surface area contributed by atoms with Crippen LogP contribution in [0.15, 0.2) is 0 Å². The molecule has 0 unspecified atom stereocenters. The third kappa shape index (κ3) is 3.69. The maximum Gasteiger partial charge on any atom is 0.421 e. The summed E-state index contributed by atoms with van der Waals surface area (Å²) in [6, 6.07) is -0.943. The maximum atomic E-state index is 13.3. The molecule has 1 aliphatic carbocycles. The Hall–Kier alpha value is -1.87. The molecule has 0 spiro atoms. The molecule has 0 bridgehead atoms. The number of hydrogen-bond donors (Lipinski definition) is 1. The molecule has 9 nitrogen and oxygen atoms in total. The number of urea groups is 1. The average Bonchev–Trinajstić information content (AvgIpc) is 2.69. The summed E-state index contributed by atoms with van der Waals surface area (Å²) in [5, 5.41) is 12.4. The second-order valence-corrected chi connectivity index (χ2v) is 9.20.